The highest BCUT2D eigenvalue weighted by atomic mass is 32.1. The Labute approximate surface area is 121 Å². The molecule has 6 nitrogen and oxygen atoms in total. The SMILES string of the molecule is COc1c(-c2nc(C(C)C)c(C(=O)O)s2)c(C)nn1C. The molecule has 2 rings (SSSR count). The van der Waals surface area contributed by atoms with E-state index in [1.807, 2.05) is 20.8 Å². The van der Waals surface area contributed by atoms with Gasteiger partial charge in [-0.05, 0) is 12.8 Å². The minimum atomic E-state index is -0.946. The van der Waals surface area contributed by atoms with E-state index in [1.165, 1.54) is 0 Å². The van der Waals surface area contributed by atoms with Crippen LogP contribution < -0.4 is 4.74 Å². The maximum Gasteiger partial charge on any atom is 0.347 e. The van der Waals surface area contributed by atoms with Gasteiger partial charge in [0.05, 0.1) is 24.1 Å². The van der Waals surface area contributed by atoms with E-state index in [1.54, 1.807) is 18.8 Å². The molecule has 0 aromatic carbocycles. The molecule has 0 fully saturated rings. The molecule has 2 aromatic heterocycles. The largest absolute Gasteiger partial charge is 0.481 e. The van der Waals surface area contributed by atoms with Gasteiger partial charge in [-0.25, -0.2) is 14.5 Å². The van der Waals surface area contributed by atoms with E-state index in [9.17, 15) is 9.90 Å². The Hall–Kier alpha value is -1.89. The average Bonchev–Trinajstić information content (AvgIpc) is 2.89. The standard InChI is InChI=1S/C13H17N3O3S/c1-6(2)9-10(13(17)18)20-11(14-9)8-7(3)15-16(4)12(8)19-5/h6H,1-5H3,(H,17,18). The zero-order valence-electron chi connectivity index (χ0n) is 12.1. The summed E-state index contributed by atoms with van der Waals surface area (Å²) in [6.45, 7) is 5.71. The van der Waals surface area contributed by atoms with E-state index in [0.717, 1.165) is 22.6 Å². The second kappa shape index (κ2) is 5.24. The molecule has 0 bridgehead atoms. The van der Waals surface area contributed by atoms with Crippen molar-refractivity contribution in [1.82, 2.24) is 14.8 Å². The topological polar surface area (TPSA) is 77.2 Å². The molecule has 0 aliphatic carbocycles. The van der Waals surface area contributed by atoms with Crippen molar-refractivity contribution in [3.8, 4) is 16.5 Å². The molecule has 0 aliphatic heterocycles. The number of carboxylic acid groups (broad SMARTS) is 1. The van der Waals surface area contributed by atoms with Gasteiger partial charge in [-0.1, -0.05) is 13.8 Å². The molecule has 2 heterocycles. The van der Waals surface area contributed by atoms with Crippen molar-refractivity contribution in [2.45, 2.75) is 26.7 Å². The number of methoxy groups -OCH3 is 1. The lowest BCUT2D eigenvalue weighted by Gasteiger charge is -2.02. The van der Waals surface area contributed by atoms with Crippen LogP contribution in [0.5, 0.6) is 5.88 Å². The molecule has 0 spiro atoms. The molecule has 0 saturated carbocycles. The van der Waals surface area contributed by atoms with Crippen molar-refractivity contribution in [3.05, 3.63) is 16.3 Å². The number of hydrogen-bond acceptors (Lipinski definition) is 5. The first-order valence-electron chi connectivity index (χ1n) is 6.18. The van der Waals surface area contributed by atoms with Crippen molar-refractivity contribution >= 4 is 17.3 Å². The second-order valence-electron chi connectivity index (χ2n) is 4.79. The summed E-state index contributed by atoms with van der Waals surface area (Å²) in [6, 6.07) is 0. The predicted octanol–water partition coefficient (Wildman–Crippen LogP) is 2.68. The minimum Gasteiger partial charge on any atom is -0.481 e. The molecule has 0 unspecified atom stereocenters. The quantitative estimate of drug-likeness (QED) is 0.938. The van der Waals surface area contributed by atoms with E-state index in [0.29, 0.717) is 16.6 Å². The van der Waals surface area contributed by atoms with Crippen LogP contribution in [0.3, 0.4) is 0 Å². The molecule has 0 atom stereocenters. The first kappa shape index (κ1) is 14.5. The van der Waals surface area contributed by atoms with Gasteiger partial charge in [-0.15, -0.1) is 11.3 Å². The zero-order valence-corrected chi connectivity index (χ0v) is 12.9. The second-order valence-corrected chi connectivity index (χ2v) is 5.79. The number of thiazole rings is 1. The van der Waals surface area contributed by atoms with E-state index in [2.05, 4.69) is 10.1 Å². The number of aryl methyl sites for hydroxylation is 2. The first-order valence-corrected chi connectivity index (χ1v) is 7.00. The van der Waals surface area contributed by atoms with Gasteiger partial charge in [0.1, 0.15) is 9.88 Å². The summed E-state index contributed by atoms with van der Waals surface area (Å²) in [5.41, 5.74) is 2.13. The highest BCUT2D eigenvalue weighted by Crippen LogP contribution is 2.38. The predicted molar refractivity (Wildman–Crippen MR) is 76.7 cm³/mol. The molecule has 0 radical (unpaired) electrons. The number of aromatic carboxylic acids is 1. The van der Waals surface area contributed by atoms with Crippen LogP contribution in [0, 0.1) is 6.92 Å². The molecule has 0 saturated heterocycles. The fraction of sp³-hybridized carbons (Fsp3) is 0.462. The van der Waals surface area contributed by atoms with Crippen LogP contribution in [0.1, 0.15) is 40.8 Å². The number of ether oxygens (including phenoxy) is 1. The van der Waals surface area contributed by atoms with Gasteiger partial charge in [-0.3, -0.25) is 0 Å². The van der Waals surface area contributed by atoms with Crippen molar-refractivity contribution in [2.24, 2.45) is 7.05 Å². The van der Waals surface area contributed by atoms with Crippen LogP contribution in [0.2, 0.25) is 0 Å². The summed E-state index contributed by atoms with van der Waals surface area (Å²) >= 11 is 1.16. The Morgan fingerprint density at radius 3 is 2.55 bits per heavy atom. The number of hydrogen-bond donors (Lipinski definition) is 1. The fourth-order valence-electron chi connectivity index (χ4n) is 2.10. The monoisotopic (exact) mass is 295 g/mol. The molecule has 1 N–H and O–H groups in total. The molecule has 2 aromatic rings. The third kappa shape index (κ3) is 2.29. The Kier molecular flexibility index (Phi) is 3.80. The molecule has 20 heavy (non-hydrogen) atoms. The first-order chi connectivity index (χ1) is 9.36. The van der Waals surface area contributed by atoms with E-state index in [-0.39, 0.29) is 10.8 Å². The minimum absolute atomic E-state index is 0.0501. The van der Waals surface area contributed by atoms with Gasteiger partial charge in [0.2, 0.25) is 5.88 Å². The molecule has 0 aliphatic rings. The average molecular weight is 295 g/mol. The van der Waals surface area contributed by atoms with Crippen LogP contribution in [-0.4, -0.2) is 33.0 Å². The van der Waals surface area contributed by atoms with Crippen LogP contribution in [0.4, 0.5) is 0 Å². The van der Waals surface area contributed by atoms with Crippen LogP contribution in [0.15, 0.2) is 0 Å². The van der Waals surface area contributed by atoms with Crippen molar-refractivity contribution in [3.63, 3.8) is 0 Å². The number of nitrogens with zero attached hydrogens (tertiary/aromatic N) is 3. The zero-order chi connectivity index (χ0) is 15.0. The van der Waals surface area contributed by atoms with Crippen molar-refractivity contribution in [1.29, 1.82) is 0 Å². The third-order valence-corrected chi connectivity index (χ3v) is 4.05. The Balaban J connectivity index is 2.65. The maximum absolute atomic E-state index is 11.3. The molecule has 0 amide bonds. The Morgan fingerprint density at radius 2 is 2.10 bits per heavy atom. The summed E-state index contributed by atoms with van der Waals surface area (Å²) in [6.07, 6.45) is 0. The number of carboxylic acids is 1. The van der Waals surface area contributed by atoms with E-state index >= 15 is 0 Å². The van der Waals surface area contributed by atoms with Crippen molar-refractivity contribution in [2.75, 3.05) is 7.11 Å². The van der Waals surface area contributed by atoms with Crippen LogP contribution in [0.25, 0.3) is 10.6 Å². The summed E-state index contributed by atoms with van der Waals surface area (Å²) in [7, 11) is 3.35. The Bertz CT molecular complexity index is 658. The van der Waals surface area contributed by atoms with Gasteiger partial charge in [0.15, 0.2) is 0 Å². The van der Waals surface area contributed by atoms with Gasteiger partial charge in [0, 0.05) is 7.05 Å². The smallest absolute Gasteiger partial charge is 0.347 e. The number of rotatable bonds is 4. The Morgan fingerprint density at radius 1 is 1.45 bits per heavy atom. The maximum atomic E-state index is 11.3. The van der Waals surface area contributed by atoms with Gasteiger partial charge < -0.3 is 9.84 Å². The molecule has 7 heteroatoms. The third-order valence-electron chi connectivity index (χ3n) is 2.97. The lowest BCUT2D eigenvalue weighted by Crippen LogP contribution is -2.00. The van der Waals surface area contributed by atoms with Crippen molar-refractivity contribution < 1.29 is 14.6 Å². The summed E-state index contributed by atoms with van der Waals surface area (Å²) in [4.78, 5) is 16.1. The normalized spacial score (nSPS) is 11.1. The number of aromatic nitrogens is 3. The van der Waals surface area contributed by atoms with E-state index < -0.39 is 5.97 Å². The lowest BCUT2D eigenvalue weighted by atomic mass is 10.1. The highest BCUT2D eigenvalue weighted by molar-refractivity contribution is 7.17. The summed E-state index contributed by atoms with van der Waals surface area (Å²) in [5.74, 6) is -0.310. The highest BCUT2D eigenvalue weighted by Gasteiger charge is 2.25. The summed E-state index contributed by atoms with van der Waals surface area (Å²) < 4.78 is 6.97. The van der Waals surface area contributed by atoms with Gasteiger partial charge in [0.25, 0.3) is 0 Å². The van der Waals surface area contributed by atoms with Crippen LogP contribution >= 0.6 is 11.3 Å². The lowest BCUT2D eigenvalue weighted by molar-refractivity contribution is 0.0700. The van der Waals surface area contributed by atoms with E-state index in [4.69, 9.17) is 4.74 Å². The fourth-order valence-corrected chi connectivity index (χ4v) is 3.25. The van der Waals surface area contributed by atoms with Gasteiger partial charge in [-0.2, -0.15) is 5.10 Å². The van der Waals surface area contributed by atoms with Crippen LogP contribution in [-0.2, 0) is 7.05 Å². The molecular formula is C13H17N3O3S. The summed E-state index contributed by atoms with van der Waals surface area (Å²) in [5, 5.41) is 14.2. The molecular weight excluding hydrogens is 278 g/mol. The van der Waals surface area contributed by atoms with Gasteiger partial charge >= 0.3 is 5.97 Å². The number of carbonyl (C=O) groups is 1. The molecule has 108 valence electrons.